The molecule has 3 heterocycles. The number of cyclic esters (lactones) is 1. The summed E-state index contributed by atoms with van der Waals surface area (Å²) in [5.41, 5.74) is 3.30. The predicted molar refractivity (Wildman–Crippen MR) is 95.7 cm³/mol. The van der Waals surface area contributed by atoms with Gasteiger partial charge in [0.1, 0.15) is 18.1 Å². The fraction of sp³-hybridized carbons (Fsp3) is 0.333. The van der Waals surface area contributed by atoms with Gasteiger partial charge in [0, 0.05) is 23.5 Å². The van der Waals surface area contributed by atoms with E-state index in [0.717, 1.165) is 22.6 Å². The number of carbonyl (C=O) groups is 1. The third-order valence-corrected chi connectivity index (χ3v) is 3.83. The Morgan fingerprint density at radius 2 is 1.96 bits per heavy atom. The lowest BCUT2D eigenvalue weighted by atomic mass is 10.1. The van der Waals surface area contributed by atoms with Gasteiger partial charge < -0.3 is 9.26 Å². The lowest BCUT2D eigenvalue weighted by Gasteiger charge is -2.13. The Labute approximate surface area is 151 Å². The first kappa shape index (κ1) is 17.7. The molecule has 26 heavy (non-hydrogen) atoms. The molecule has 0 spiro atoms. The molecule has 1 unspecified atom stereocenters. The molecule has 1 atom stereocenters. The molecule has 0 aliphatic carbocycles. The van der Waals surface area contributed by atoms with Crippen molar-refractivity contribution in [3.8, 4) is 11.3 Å². The van der Waals surface area contributed by atoms with Gasteiger partial charge in [-0.25, -0.2) is 9.48 Å². The topological polar surface area (TPSA) is 86.3 Å². The normalized spacial score (nSPS) is 16.2. The van der Waals surface area contributed by atoms with Crippen molar-refractivity contribution in [1.82, 2.24) is 20.2 Å². The van der Waals surface area contributed by atoms with Gasteiger partial charge in [0.2, 0.25) is 0 Å². The molecule has 1 aromatic carbocycles. The Hall–Kier alpha value is -3.16. The molecule has 1 saturated heterocycles. The van der Waals surface area contributed by atoms with Gasteiger partial charge in [-0.2, -0.15) is 0 Å². The number of ether oxygens (including phenoxy) is 1. The molecule has 2 aromatic heterocycles. The first-order chi connectivity index (χ1) is 12.7. The number of hydrogen-bond acceptors (Lipinski definition) is 6. The Bertz CT molecular complexity index is 842. The van der Waals surface area contributed by atoms with Gasteiger partial charge in [-0.05, 0) is 19.1 Å². The third kappa shape index (κ3) is 3.74. The van der Waals surface area contributed by atoms with Crippen LogP contribution in [0.4, 0.5) is 10.5 Å². The minimum absolute atomic E-state index is 0.256. The number of aromatic nitrogens is 4. The highest BCUT2D eigenvalue weighted by molar-refractivity contribution is 5.90. The second-order valence-corrected chi connectivity index (χ2v) is 5.63. The predicted octanol–water partition coefficient (Wildman–Crippen LogP) is 3.29. The third-order valence-electron chi connectivity index (χ3n) is 3.83. The SMILES string of the molecule is CC.Cc1cn(CC2CN(c3ccc(-c4ccon4)cc3)C(=O)O2)nn1. The lowest BCUT2D eigenvalue weighted by molar-refractivity contribution is 0.129. The standard InChI is InChI=1S/C16H15N5O3.C2H6/c1-11-8-20(19-17-11)9-14-10-21(16(22)24-14)13-4-2-12(3-5-13)15-6-7-23-18-15;1-2/h2-8,14H,9-10H2,1H3;1-2H3. The van der Waals surface area contributed by atoms with E-state index in [4.69, 9.17) is 9.26 Å². The minimum atomic E-state index is -0.356. The van der Waals surface area contributed by atoms with E-state index in [1.165, 1.54) is 6.26 Å². The van der Waals surface area contributed by atoms with E-state index >= 15 is 0 Å². The first-order valence-electron chi connectivity index (χ1n) is 8.55. The number of hydrogen-bond donors (Lipinski definition) is 0. The molecular weight excluding hydrogens is 334 g/mol. The molecule has 4 rings (SSSR count). The van der Waals surface area contributed by atoms with E-state index in [2.05, 4.69) is 15.5 Å². The van der Waals surface area contributed by atoms with Gasteiger partial charge in [-0.1, -0.05) is 36.4 Å². The number of amides is 1. The van der Waals surface area contributed by atoms with E-state index in [1.807, 2.05) is 51.2 Å². The summed E-state index contributed by atoms with van der Waals surface area (Å²) in [4.78, 5) is 13.7. The maximum absolute atomic E-state index is 12.1. The minimum Gasteiger partial charge on any atom is -0.442 e. The van der Waals surface area contributed by atoms with Crippen molar-refractivity contribution in [3.05, 3.63) is 48.5 Å². The van der Waals surface area contributed by atoms with Gasteiger partial charge in [0.05, 0.1) is 18.8 Å². The highest BCUT2D eigenvalue weighted by Gasteiger charge is 2.32. The number of carbonyl (C=O) groups excluding carboxylic acids is 1. The molecule has 0 saturated carbocycles. The zero-order valence-electron chi connectivity index (χ0n) is 15.0. The van der Waals surface area contributed by atoms with Crippen LogP contribution in [0.15, 0.2) is 47.3 Å². The first-order valence-corrected chi connectivity index (χ1v) is 8.55. The van der Waals surface area contributed by atoms with Crippen molar-refractivity contribution < 1.29 is 14.1 Å². The van der Waals surface area contributed by atoms with E-state index < -0.39 is 0 Å². The molecule has 8 nitrogen and oxygen atoms in total. The summed E-state index contributed by atoms with van der Waals surface area (Å²) in [6.45, 7) is 6.83. The average Bonchev–Trinajstić information content (AvgIpc) is 3.39. The van der Waals surface area contributed by atoms with E-state index in [0.29, 0.717) is 13.1 Å². The molecule has 0 bridgehead atoms. The van der Waals surface area contributed by atoms with Crippen LogP contribution in [0.2, 0.25) is 0 Å². The Morgan fingerprint density at radius 3 is 2.58 bits per heavy atom. The van der Waals surface area contributed by atoms with Gasteiger partial charge in [-0.15, -0.1) is 5.10 Å². The van der Waals surface area contributed by atoms with Crippen molar-refractivity contribution >= 4 is 11.8 Å². The molecule has 1 aliphatic heterocycles. The quantitative estimate of drug-likeness (QED) is 0.714. The summed E-state index contributed by atoms with van der Waals surface area (Å²) >= 11 is 0. The van der Waals surface area contributed by atoms with Gasteiger partial charge in [0.25, 0.3) is 0 Å². The maximum atomic E-state index is 12.1. The van der Waals surface area contributed by atoms with Crippen LogP contribution in [0.1, 0.15) is 19.5 Å². The Kier molecular flexibility index (Phi) is 5.31. The number of rotatable bonds is 4. The van der Waals surface area contributed by atoms with Gasteiger partial charge >= 0.3 is 6.09 Å². The summed E-state index contributed by atoms with van der Waals surface area (Å²) in [5, 5.41) is 11.8. The van der Waals surface area contributed by atoms with Gasteiger partial charge in [-0.3, -0.25) is 4.90 Å². The number of aryl methyl sites for hydroxylation is 1. The molecule has 8 heteroatoms. The molecule has 1 aliphatic rings. The fourth-order valence-electron chi connectivity index (χ4n) is 2.69. The van der Waals surface area contributed by atoms with Crippen molar-refractivity contribution in [2.45, 2.75) is 33.4 Å². The van der Waals surface area contributed by atoms with Crippen LogP contribution >= 0.6 is 0 Å². The summed E-state index contributed by atoms with van der Waals surface area (Å²) in [6, 6.07) is 9.32. The van der Waals surface area contributed by atoms with Crippen molar-refractivity contribution in [1.29, 1.82) is 0 Å². The monoisotopic (exact) mass is 355 g/mol. The smallest absolute Gasteiger partial charge is 0.414 e. The van der Waals surface area contributed by atoms with Crippen LogP contribution in [0, 0.1) is 6.92 Å². The summed E-state index contributed by atoms with van der Waals surface area (Å²) in [6.07, 6.45) is 2.74. The number of nitrogens with zero attached hydrogens (tertiary/aromatic N) is 5. The molecule has 0 radical (unpaired) electrons. The highest BCUT2D eigenvalue weighted by Crippen LogP contribution is 2.25. The van der Waals surface area contributed by atoms with Crippen molar-refractivity contribution in [3.63, 3.8) is 0 Å². The van der Waals surface area contributed by atoms with Crippen LogP contribution in [0.3, 0.4) is 0 Å². The Balaban J connectivity index is 0.000000948. The molecule has 1 fully saturated rings. The molecular formula is C18H21N5O3. The second kappa shape index (κ2) is 7.81. The molecule has 0 N–H and O–H groups in total. The fourth-order valence-corrected chi connectivity index (χ4v) is 2.69. The van der Waals surface area contributed by atoms with Crippen LogP contribution in [-0.2, 0) is 11.3 Å². The molecule has 3 aromatic rings. The van der Waals surface area contributed by atoms with Crippen LogP contribution in [0.25, 0.3) is 11.3 Å². The van der Waals surface area contributed by atoms with Crippen LogP contribution in [-0.4, -0.2) is 38.9 Å². The Morgan fingerprint density at radius 1 is 1.19 bits per heavy atom. The average molecular weight is 355 g/mol. The van der Waals surface area contributed by atoms with Gasteiger partial charge in [0.15, 0.2) is 0 Å². The van der Waals surface area contributed by atoms with Crippen molar-refractivity contribution in [2.75, 3.05) is 11.4 Å². The van der Waals surface area contributed by atoms with Crippen LogP contribution in [0.5, 0.6) is 0 Å². The highest BCUT2D eigenvalue weighted by atomic mass is 16.6. The lowest BCUT2D eigenvalue weighted by Crippen LogP contribution is -2.26. The number of benzene rings is 1. The summed E-state index contributed by atoms with van der Waals surface area (Å²) in [7, 11) is 0. The summed E-state index contributed by atoms with van der Waals surface area (Å²) in [5.74, 6) is 0. The number of anilines is 1. The molecule has 1 amide bonds. The van der Waals surface area contributed by atoms with E-state index in [9.17, 15) is 4.79 Å². The maximum Gasteiger partial charge on any atom is 0.414 e. The zero-order chi connectivity index (χ0) is 18.5. The summed E-state index contributed by atoms with van der Waals surface area (Å²) < 4.78 is 11.9. The zero-order valence-corrected chi connectivity index (χ0v) is 15.0. The largest absolute Gasteiger partial charge is 0.442 e. The molecule has 136 valence electrons. The van der Waals surface area contributed by atoms with E-state index in [1.54, 1.807) is 15.6 Å². The van der Waals surface area contributed by atoms with Crippen molar-refractivity contribution in [2.24, 2.45) is 0 Å². The van der Waals surface area contributed by atoms with E-state index in [-0.39, 0.29) is 12.2 Å². The van der Waals surface area contributed by atoms with Crippen LogP contribution < -0.4 is 4.90 Å². The second-order valence-electron chi connectivity index (χ2n) is 5.63.